The minimum absolute atomic E-state index is 0.0260. The Morgan fingerprint density at radius 3 is 2.27 bits per heavy atom. The zero-order chi connectivity index (χ0) is 27.2. The number of aliphatic hydroxyl groups is 3. The standard InChI is InChI=1S/C33H54O4/c1-20(2)10-9-15-33(8,37-21-11-12-21)22-13-16-32(7)27(22)23(34)18-26-30(5)19-24(35)28(36)29(3,4)25(30)14-17-31(26,32)6/h10-11,22-28,34-36H,9,12-19H2,1-8H3/t22?,23?,24-,25?,26?,27?,28?,30?,31?,32-,33+/m1/s1. The lowest BCUT2D eigenvalue weighted by atomic mass is 9.35. The lowest BCUT2D eigenvalue weighted by molar-refractivity contribution is -0.263. The first kappa shape index (κ1) is 27.7. The molecule has 4 fully saturated rings. The Labute approximate surface area is 226 Å². The van der Waals surface area contributed by atoms with Gasteiger partial charge in [0.1, 0.15) is 5.60 Å². The molecular weight excluding hydrogens is 460 g/mol. The Morgan fingerprint density at radius 1 is 1.00 bits per heavy atom. The fourth-order valence-corrected chi connectivity index (χ4v) is 11.0. The van der Waals surface area contributed by atoms with Crippen LogP contribution in [0.1, 0.15) is 113 Å². The average molecular weight is 515 g/mol. The molecule has 0 heterocycles. The zero-order valence-corrected chi connectivity index (χ0v) is 24.8. The lowest BCUT2D eigenvalue weighted by Gasteiger charge is -2.71. The van der Waals surface area contributed by atoms with E-state index >= 15 is 0 Å². The van der Waals surface area contributed by atoms with Gasteiger partial charge in [0.05, 0.1) is 24.1 Å². The van der Waals surface area contributed by atoms with Crippen molar-refractivity contribution < 1.29 is 20.1 Å². The van der Waals surface area contributed by atoms with E-state index in [0.29, 0.717) is 24.2 Å². The van der Waals surface area contributed by atoms with Crippen LogP contribution in [0.2, 0.25) is 0 Å². The van der Waals surface area contributed by atoms with Crippen LogP contribution >= 0.6 is 0 Å². The Bertz CT molecular complexity index is 963. The average Bonchev–Trinajstić information content (AvgIpc) is 3.51. The minimum atomic E-state index is -0.698. The van der Waals surface area contributed by atoms with Crippen LogP contribution in [0.5, 0.6) is 0 Å². The first-order valence-corrected chi connectivity index (χ1v) is 15.2. The highest BCUT2D eigenvalue weighted by molar-refractivity contribution is 5.22. The normalized spacial score (nSPS) is 49.6. The van der Waals surface area contributed by atoms with Crippen molar-refractivity contribution in [3.8, 4) is 0 Å². The van der Waals surface area contributed by atoms with Gasteiger partial charge in [-0.15, -0.1) is 0 Å². The van der Waals surface area contributed by atoms with Crippen LogP contribution in [0.4, 0.5) is 0 Å². The molecule has 0 amide bonds. The van der Waals surface area contributed by atoms with Crippen LogP contribution in [-0.4, -0.2) is 39.2 Å². The third kappa shape index (κ3) is 4.01. The van der Waals surface area contributed by atoms with E-state index in [-0.39, 0.29) is 39.3 Å². The van der Waals surface area contributed by atoms with Crippen molar-refractivity contribution in [2.45, 2.75) is 137 Å². The van der Waals surface area contributed by atoms with E-state index < -0.39 is 12.2 Å². The summed E-state index contributed by atoms with van der Waals surface area (Å²) in [6.45, 7) is 18.4. The third-order valence-corrected chi connectivity index (χ3v) is 13.0. The Hall–Kier alpha value is -0.840. The van der Waals surface area contributed by atoms with Crippen molar-refractivity contribution in [1.82, 2.24) is 0 Å². The molecule has 37 heavy (non-hydrogen) atoms. The van der Waals surface area contributed by atoms with Gasteiger partial charge in [0.15, 0.2) is 0 Å². The first-order valence-electron chi connectivity index (χ1n) is 15.2. The van der Waals surface area contributed by atoms with E-state index in [2.05, 4.69) is 67.5 Å². The molecule has 4 saturated carbocycles. The maximum Gasteiger partial charge on any atom is 0.109 e. The van der Waals surface area contributed by atoms with Crippen molar-refractivity contribution in [3.05, 3.63) is 23.5 Å². The summed E-state index contributed by atoms with van der Waals surface area (Å²) in [6, 6.07) is 0. The van der Waals surface area contributed by atoms with Gasteiger partial charge in [-0.3, -0.25) is 0 Å². The van der Waals surface area contributed by atoms with Gasteiger partial charge in [0, 0.05) is 12.3 Å². The zero-order valence-electron chi connectivity index (χ0n) is 24.8. The maximum atomic E-state index is 12.1. The second-order valence-corrected chi connectivity index (χ2v) is 15.6. The summed E-state index contributed by atoms with van der Waals surface area (Å²) in [6.07, 6.45) is 11.6. The van der Waals surface area contributed by atoms with Gasteiger partial charge in [-0.05, 0) is 118 Å². The lowest BCUT2D eigenvalue weighted by Crippen LogP contribution is -2.68. The summed E-state index contributed by atoms with van der Waals surface area (Å²) < 4.78 is 6.74. The molecular formula is C33H54O4. The highest BCUT2D eigenvalue weighted by atomic mass is 16.5. The van der Waals surface area contributed by atoms with E-state index in [9.17, 15) is 15.3 Å². The quantitative estimate of drug-likeness (QED) is 0.342. The summed E-state index contributed by atoms with van der Waals surface area (Å²) in [4.78, 5) is 0. The van der Waals surface area contributed by atoms with Crippen LogP contribution in [0.3, 0.4) is 0 Å². The molecule has 5 aliphatic rings. The van der Waals surface area contributed by atoms with Gasteiger partial charge in [-0.2, -0.15) is 0 Å². The summed E-state index contributed by atoms with van der Waals surface area (Å²) in [5, 5.41) is 34.0. The van der Waals surface area contributed by atoms with Crippen molar-refractivity contribution in [2.75, 3.05) is 0 Å². The van der Waals surface area contributed by atoms with Crippen LogP contribution in [0.15, 0.2) is 23.5 Å². The van der Waals surface area contributed by atoms with Crippen molar-refractivity contribution in [1.29, 1.82) is 0 Å². The van der Waals surface area contributed by atoms with Gasteiger partial charge in [0.25, 0.3) is 0 Å². The molecule has 5 aliphatic carbocycles. The third-order valence-electron chi connectivity index (χ3n) is 13.0. The van der Waals surface area contributed by atoms with Gasteiger partial charge in [-0.25, -0.2) is 0 Å². The SMILES string of the molecule is CC(C)=CCC[C@](C)(OC1=CC1)C1CC[C@]2(C)C1C(O)CC1C3(C)C[C@@H](O)C(O)C(C)(C)C3CCC12C. The molecule has 5 rings (SSSR count). The number of ether oxygens (including phenoxy) is 1. The molecule has 8 unspecified atom stereocenters. The fraction of sp³-hybridized carbons (Fsp3) is 0.879. The first-order chi connectivity index (χ1) is 17.1. The largest absolute Gasteiger partial charge is 0.492 e. The Kier molecular flexibility index (Phi) is 6.62. The fourth-order valence-electron chi connectivity index (χ4n) is 11.0. The van der Waals surface area contributed by atoms with Gasteiger partial charge >= 0.3 is 0 Å². The van der Waals surface area contributed by atoms with E-state index in [4.69, 9.17) is 4.74 Å². The van der Waals surface area contributed by atoms with Crippen LogP contribution in [0.25, 0.3) is 0 Å². The molecule has 0 spiro atoms. The number of rotatable bonds is 6. The number of hydrogen-bond acceptors (Lipinski definition) is 4. The van der Waals surface area contributed by atoms with E-state index in [1.165, 1.54) is 5.57 Å². The number of fused-ring (bicyclic) bond motifs is 5. The molecule has 0 saturated heterocycles. The predicted molar refractivity (Wildman–Crippen MR) is 149 cm³/mol. The smallest absolute Gasteiger partial charge is 0.109 e. The highest BCUT2D eigenvalue weighted by Crippen LogP contribution is 2.76. The summed E-state index contributed by atoms with van der Waals surface area (Å²) in [5.41, 5.74) is 0.779. The van der Waals surface area contributed by atoms with E-state index in [1.807, 2.05) is 0 Å². The topological polar surface area (TPSA) is 69.9 Å². The van der Waals surface area contributed by atoms with Crippen LogP contribution < -0.4 is 0 Å². The molecule has 210 valence electrons. The molecule has 0 bridgehead atoms. The second kappa shape index (κ2) is 8.83. The number of aliphatic hydroxyl groups excluding tert-OH is 3. The maximum absolute atomic E-state index is 12.1. The van der Waals surface area contributed by atoms with E-state index in [1.54, 1.807) is 0 Å². The van der Waals surface area contributed by atoms with E-state index in [0.717, 1.165) is 57.1 Å². The summed E-state index contributed by atoms with van der Waals surface area (Å²) in [5.74, 6) is 2.36. The Morgan fingerprint density at radius 2 is 1.65 bits per heavy atom. The molecule has 4 heteroatoms. The molecule has 0 radical (unpaired) electrons. The van der Waals surface area contributed by atoms with Crippen molar-refractivity contribution >= 4 is 0 Å². The van der Waals surface area contributed by atoms with Crippen molar-refractivity contribution in [3.63, 3.8) is 0 Å². The molecule has 0 aromatic rings. The molecule has 11 atom stereocenters. The van der Waals surface area contributed by atoms with Crippen molar-refractivity contribution in [2.24, 2.45) is 45.3 Å². The monoisotopic (exact) mass is 514 g/mol. The van der Waals surface area contributed by atoms with Crippen LogP contribution in [-0.2, 0) is 4.74 Å². The second-order valence-electron chi connectivity index (χ2n) is 15.6. The minimum Gasteiger partial charge on any atom is -0.492 e. The molecule has 0 aliphatic heterocycles. The molecule has 0 aromatic heterocycles. The summed E-state index contributed by atoms with van der Waals surface area (Å²) in [7, 11) is 0. The van der Waals surface area contributed by atoms with Gasteiger partial charge in [-0.1, -0.05) is 46.3 Å². The molecule has 3 N–H and O–H groups in total. The summed E-state index contributed by atoms with van der Waals surface area (Å²) >= 11 is 0. The Balaban J connectivity index is 1.49. The predicted octanol–water partition coefficient (Wildman–Crippen LogP) is 6.78. The number of allylic oxidation sites excluding steroid dienone is 4. The molecule has 0 aromatic carbocycles. The van der Waals surface area contributed by atoms with Gasteiger partial charge < -0.3 is 20.1 Å². The van der Waals surface area contributed by atoms with Crippen LogP contribution in [0, 0.1) is 45.3 Å². The van der Waals surface area contributed by atoms with Gasteiger partial charge in [0.2, 0.25) is 0 Å². The molecule has 4 nitrogen and oxygen atoms in total. The highest BCUT2D eigenvalue weighted by Gasteiger charge is 2.72. The number of hydrogen-bond donors (Lipinski definition) is 3.